The van der Waals surface area contributed by atoms with Crippen LogP contribution in [0.3, 0.4) is 0 Å². The molecule has 0 spiro atoms. The molecule has 0 saturated carbocycles. The standard InChI is InChI=1S/C32H32ClN3O6S/c1-4-16-42-23-10-7-21(8-11-23)32-36(22-9-12-24(30(34)38)25(33)18-22)31(39)28(43-32)19-29(37)35-15-14-20-6-13-26(40-3)27(17-20)41-5-2/h1,6-13,17-18,28,32H,5,14-16,19H2,2-3H3,(H2,34,38)(H,35,37). The number of nitrogens with one attached hydrogen (secondary N) is 1. The molecule has 1 aliphatic rings. The molecule has 0 radical (unpaired) electrons. The molecular formula is C32H32ClN3O6S. The predicted molar refractivity (Wildman–Crippen MR) is 168 cm³/mol. The topological polar surface area (TPSA) is 120 Å². The van der Waals surface area contributed by atoms with Crippen molar-refractivity contribution in [3.63, 3.8) is 0 Å². The molecule has 4 rings (SSSR count). The van der Waals surface area contributed by atoms with Gasteiger partial charge in [-0.15, -0.1) is 18.2 Å². The molecule has 9 nitrogen and oxygen atoms in total. The van der Waals surface area contributed by atoms with E-state index in [-0.39, 0.29) is 35.4 Å². The van der Waals surface area contributed by atoms with Crippen molar-refractivity contribution >= 4 is 46.8 Å². The van der Waals surface area contributed by atoms with Crippen molar-refractivity contribution in [3.8, 4) is 29.6 Å². The number of terminal acetylenes is 1. The first-order valence-electron chi connectivity index (χ1n) is 13.6. The Morgan fingerprint density at radius 2 is 1.86 bits per heavy atom. The average molecular weight is 622 g/mol. The summed E-state index contributed by atoms with van der Waals surface area (Å²) in [6.45, 7) is 2.93. The maximum atomic E-state index is 13.7. The van der Waals surface area contributed by atoms with E-state index in [4.69, 9.17) is 38.0 Å². The van der Waals surface area contributed by atoms with Crippen molar-refractivity contribution < 1.29 is 28.6 Å². The summed E-state index contributed by atoms with van der Waals surface area (Å²) in [4.78, 5) is 40.0. The monoisotopic (exact) mass is 621 g/mol. The molecule has 3 aromatic carbocycles. The second kappa shape index (κ2) is 14.7. The first-order chi connectivity index (χ1) is 20.7. The largest absolute Gasteiger partial charge is 0.493 e. The van der Waals surface area contributed by atoms with Gasteiger partial charge >= 0.3 is 0 Å². The van der Waals surface area contributed by atoms with Crippen molar-refractivity contribution in [1.82, 2.24) is 5.32 Å². The number of amides is 3. The van der Waals surface area contributed by atoms with Crippen LogP contribution in [-0.2, 0) is 16.0 Å². The molecule has 0 bridgehead atoms. The molecule has 1 fully saturated rings. The number of rotatable bonds is 13. The number of carbonyl (C=O) groups excluding carboxylic acids is 3. The Kier molecular flexibility index (Phi) is 10.8. The highest BCUT2D eigenvalue weighted by Crippen LogP contribution is 2.47. The minimum absolute atomic E-state index is 0.0141. The van der Waals surface area contributed by atoms with Gasteiger partial charge in [0, 0.05) is 18.7 Å². The Morgan fingerprint density at radius 3 is 2.51 bits per heavy atom. The Morgan fingerprint density at radius 1 is 1.09 bits per heavy atom. The van der Waals surface area contributed by atoms with Gasteiger partial charge in [-0.05, 0) is 66.9 Å². The third-order valence-electron chi connectivity index (χ3n) is 6.66. The van der Waals surface area contributed by atoms with Crippen LogP contribution in [0, 0.1) is 12.3 Å². The van der Waals surface area contributed by atoms with Crippen molar-refractivity contribution in [2.75, 3.05) is 31.8 Å². The molecule has 0 aliphatic carbocycles. The van der Waals surface area contributed by atoms with Crippen LogP contribution in [0.4, 0.5) is 5.69 Å². The molecule has 11 heteroatoms. The highest BCUT2D eigenvalue weighted by molar-refractivity contribution is 8.01. The lowest BCUT2D eigenvalue weighted by Gasteiger charge is -2.25. The molecule has 1 saturated heterocycles. The SMILES string of the molecule is C#CCOc1ccc(C2SC(CC(=O)NCCc3ccc(OC)c(OCC)c3)C(=O)N2c2ccc(C(N)=O)c(Cl)c2)cc1. The van der Waals surface area contributed by atoms with Gasteiger partial charge in [-0.25, -0.2) is 0 Å². The van der Waals surface area contributed by atoms with E-state index in [1.165, 1.54) is 23.9 Å². The average Bonchev–Trinajstić information content (AvgIpc) is 3.31. The zero-order valence-corrected chi connectivity index (χ0v) is 25.4. The van der Waals surface area contributed by atoms with Crippen LogP contribution in [-0.4, -0.2) is 49.8 Å². The zero-order valence-electron chi connectivity index (χ0n) is 23.8. The lowest BCUT2D eigenvalue weighted by molar-refractivity contribution is -0.124. The number of anilines is 1. The number of hydrogen-bond acceptors (Lipinski definition) is 7. The number of benzene rings is 3. The van der Waals surface area contributed by atoms with Crippen LogP contribution in [0.5, 0.6) is 17.2 Å². The summed E-state index contributed by atoms with van der Waals surface area (Å²) in [5.74, 6) is 3.14. The van der Waals surface area contributed by atoms with E-state index < -0.39 is 16.5 Å². The van der Waals surface area contributed by atoms with Gasteiger partial charge in [-0.3, -0.25) is 19.3 Å². The predicted octanol–water partition coefficient (Wildman–Crippen LogP) is 4.75. The van der Waals surface area contributed by atoms with E-state index >= 15 is 0 Å². The van der Waals surface area contributed by atoms with Gasteiger partial charge < -0.3 is 25.3 Å². The summed E-state index contributed by atoms with van der Waals surface area (Å²) >= 11 is 7.69. The number of halogens is 1. The van der Waals surface area contributed by atoms with Gasteiger partial charge in [-0.1, -0.05) is 35.7 Å². The molecule has 224 valence electrons. The lowest BCUT2D eigenvalue weighted by atomic mass is 10.1. The summed E-state index contributed by atoms with van der Waals surface area (Å²) < 4.78 is 16.4. The molecule has 43 heavy (non-hydrogen) atoms. The number of nitrogens with zero attached hydrogens (tertiary/aromatic N) is 1. The van der Waals surface area contributed by atoms with Crippen LogP contribution < -0.4 is 30.2 Å². The van der Waals surface area contributed by atoms with Gasteiger partial charge in [0.25, 0.3) is 0 Å². The van der Waals surface area contributed by atoms with Crippen LogP contribution >= 0.6 is 23.4 Å². The van der Waals surface area contributed by atoms with Crippen molar-refractivity contribution in [2.45, 2.75) is 30.4 Å². The van der Waals surface area contributed by atoms with E-state index in [2.05, 4.69) is 11.2 Å². The van der Waals surface area contributed by atoms with E-state index in [0.29, 0.717) is 42.5 Å². The Balaban J connectivity index is 1.48. The van der Waals surface area contributed by atoms with Gasteiger partial charge in [0.05, 0.1) is 29.6 Å². The molecular weight excluding hydrogens is 590 g/mol. The molecule has 3 amide bonds. The summed E-state index contributed by atoms with van der Waals surface area (Å²) in [6, 6.07) is 17.5. The molecule has 3 aromatic rings. The fourth-order valence-electron chi connectivity index (χ4n) is 4.61. The minimum atomic E-state index is -0.670. The maximum Gasteiger partial charge on any atom is 0.250 e. The summed E-state index contributed by atoms with van der Waals surface area (Å²) in [5, 5.41) is 1.95. The molecule has 2 unspecified atom stereocenters. The summed E-state index contributed by atoms with van der Waals surface area (Å²) in [7, 11) is 1.58. The number of methoxy groups -OCH3 is 1. The molecule has 0 aromatic heterocycles. The highest BCUT2D eigenvalue weighted by Gasteiger charge is 2.43. The lowest BCUT2D eigenvalue weighted by Crippen LogP contribution is -2.34. The summed E-state index contributed by atoms with van der Waals surface area (Å²) in [5.41, 5.74) is 7.84. The first kappa shape index (κ1) is 31.6. The van der Waals surface area contributed by atoms with E-state index in [0.717, 1.165) is 11.1 Å². The second-order valence-electron chi connectivity index (χ2n) is 9.50. The van der Waals surface area contributed by atoms with Gasteiger partial charge in [0.2, 0.25) is 17.7 Å². The number of thioether (sulfide) groups is 1. The van der Waals surface area contributed by atoms with E-state index in [9.17, 15) is 14.4 Å². The minimum Gasteiger partial charge on any atom is -0.493 e. The third kappa shape index (κ3) is 7.74. The first-order valence-corrected chi connectivity index (χ1v) is 14.9. The molecule has 2 atom stereocenters. The van der Waals surface area contributed by atoms with Crippen LogP contribution in [0.25, 0.3) is 0 Å². The van der Waals surface area contributed by atoms with Crippen molar-refractivity contribution in [1.29, 1.82) is 0 Å². The van der Waals surface area contributed by atoms with Gasteiger partial charge in [0.1, 0.15) is 17.7 Å². The van der Waals surface area contributed by atoms with Crippen molar-refractivity contribution in [2.24, 2.45) is 5.73 Å². The molecule has 3 N–H and O–H groups in total. The van der Waals surface area contributed by atoms with E-state index in [1.54, 1.807) is 30.2 Å². The number of primary amides is 1. The summed E-state index contributed by atoms with van der Waals surface area (Å²) in [6.07, 6.45) is 5.85. The smallest absolute Gasteiger partial charge is 0.250 e. The van der Waals surface area contributed by atoms with E-state index in [1.807, 2.05) is 37.3 Å². The zero-order chi connectivity index (χ0) is 30.9. The van der Waals surface area contributed by atoms with Crippen LogP contribution in [0.1, 0.15) is 40.2 Å². The second-order valence-corrected chi connectivity index (χ2v) is 11.2. The Hall–Kier alpha value is -4.33. The fraction of sp³-hybridized carbons (Fsp3) is 0.281. The quantitative estimate of drug-likeness (QED) is 0.264. The van der Waals surface area contributed by atoms with Gasteiger partial charge in [0.15, 0.2) is 11.5 Å². The number of nitrogens with two attached hydrogens (primary N) is 1. The Labute approximate surface area is 260 Å². The number of ether oxygens (including phenoxy) is 3. The highest BCUT2D eigenvalue weighted by atomic mass is 35.5. The number of hydrogen-bond donors (Lipinski definition) is 2. The third-order valence-corrected chi connectivity index (χ3v) is 8.41. The molecule has 1 aliphatic heterocycles. The van der Waals surface area contributed by atoms with Crippen molar-refractivity contribution in [3.05, 3.63) is 82.4 Å². The van der Waals surface area contributed by atoms with Gasteiger partial charge in [-0.2, -0.15) is 0 Å². The normalized spacial score (nSPS) is 16.0. The molecule has 1 heterocycles. The Bertz CT molecular complexity index is 1520. The maximum absolute atomic E-state index is 13.7. The number of carbonyl (C=O) groups is 3. The van der Waals surface area contributed by atoms with Crippen LogP contribution in [0.2, 0.25) is 5.02 Å². The fourth-order valence-corrected chi connectivity index (χ4v) is 6.33. The van der Waals surface area contributed by atoms with Crippen LogP contribution in [0.15, 0.2) is 60.7 Å².